The molecule has 1 aromatic carbocycles. The van der Waals surface area contributed by atoms with Gasteiger partial charge in [-0.3, -0.25) is 4.99 Å². The predicted octanol–water partition coefficient (Wildman–Crippen LogP) is 2.15. The molecule has 0 spiro atoms. The van der Waals surface area contributed by atoms with Crippen molar-refractivity contribution >= 4 is 12.3 Å². The number of hydrogen-bond donors (Lipinski definition) is 0. The van der Waals surface area contributed by atoms with Crippen LogP contribution in [-0.4, -0.2) is 27.0 Å². The van der Waals surface area contributed by atoms with Crippen LogP contribution >= 0.6 is 0 Å². The minimum absolute atomic E-state index is 0.722. The molecule has 0 aromatic heterocycles. The normalized spacial score (nSPS) is 13.2. The Bertz CT molecular complexity index is 383. The molecule has 0 radical (unpaired) electrons. The molecular weight excluding hydrogens is 190 g/mol. The van der Waals surface area contributed by atoms with Crippen LogP contribution in [0.4, 0.5) is 0 Å². The van der Waals surface area contributed by atoms with Gasteiger partial charge < -0.3 is 9.47 Å². The summed E-state index contributed by atoms with van der Waals surface area (Å²) < 4.78 is 10.5. The fourth-order valence-corrected chi connectivity index (χ4v) is 1.56. The lowest BCUT2D eigenvalue weighted by atomic mass is 10.1. The number of methoxy groups -OCH3 is 2. The van der Waals surface area contributed by atoms with Crippen LogP contribution in [0.5, 0.6) is 11.5 Å². The monoisotopic (exact) mass is 203 g/mol. The van der Waals surface area contributed by atoms with E-state index in [9.17, 15) is 0 Å². The summed E-state index contributed by atoms with van der Waals surface area (Å²) in [5.74, 6) is 1.48. The fourth-order valence-electron chi connectivity index (χ4n) is 1.56. The highest BCUT2D eigenvalue weighted by molar-refractivity contribution is 5.88. The molecule has 0 amide bonds. The second kappa shape index (κ2) is 4.17. The van der Waals surface area contributed by atoms with E-state index in [2.05, 4.69) is 4.99 Å². The summed E-state index contributed by atoms with van der Waals surface area (Å²) in [5.41, 5.74) is 2.16. The number of hydrogen-bond acceptors (Lipinski definition) is 3. The largest absolute Gasteiger partial charge is 0.493 e. The van der Waals surface area contributed by atoms with Crippen molar-refractivity contribution in [1.82, 2.24) is 0 Å². The maximum atomic E-state index is 5.24. The molecule has 0 unspecified atom stereocenters. The molecule has 0 bridgehead atoms. The average molecular weight is 203 g/mol. The molecule has 1 aromatic rings. The van der Waals surface area contributed by atoms with E-state index in [1.165, 1.54) is 0 Å². The van der Waals surface area contributed by atoms with Crippen LogP contribution in [0.2, 0.25) is 0 Å². The lowest BCUT2D eigenvalue weighted by Crippen LogP contribution is -1.94. The lowest BCUT2D eigenvalue weighted by Gasteiger charge is -2.10. The Morgan fingerprint density at radius 1 is 1.07 bits per heavy atom. The number of rotatable bonds is 2. The van der Waals surface area contributed by atoms with E-state index in [1.807, 2.05) is 30.5 Å². The summed E-state index contributed by atoms with van der Waals surface area (Å²) in [4.78, 5) is 4.23. The van der Waals surface area contributed by atoms with Crippen molar-refractivity contribution in [3.8, 4) is 11.5 Å². The van der Waals surface area contributed by atoms with Crippen LogP contribution in [0.25, 0.3) is 6.08 Å². The summed E-state index contributed by atoms with van der Waals surface area (Å²) in [5, 5.41) is 0. The van der Waals surface area contributed by atoms with Crippen molar-refractivity contribution in [1.29, 1.82) is 0 Å². The average Bonchev–Trinajstić information content (AvgIpc) is 2.51. The van der Waals surface area contributed by atoms with Gasteiger partial charge in [-0.1, -0.05) is 12.2 Å². The van der Waals surface area contributed by atoms with Crippen molar-refractivity contribution < 1.29 is 9.47 Å². The zero-order valence-electron chi connectivity index (χ0n) is 8.86. The first-order valence-electron chi connectivity index (χ1n) is 4.77. The van der Waals surface area contributed by atoms with E-state index in [-0.39, 0.29) is 0 Å². The third-order valence-electron chi connectivity index (χ3n) is 2.33. The van der Waals surface area contributed by atoms with E-state index in [4.69, 9.17) is 9.47 Å². The van der Waals surface area contributed by atoms with Crippen LogP contribution in [0.1, 0.15) is 11.1 Å². The minimum Gasteiger partial charge on any atom is -0.493 e. The fraction of sp³-hybridized carbons (Fsp3) is 0.250. The molecule has 0 saturated carbocycles. The highest BCUT2D eigenvalue weighted by Gasteiger charge is 2.08. The summed E-state index contributed by atoms with van der Waals surface area (Å²) in [6, 6.07) is 3.90. The Morgan fingerprint density at radius 2 is 1.73 bits per heavy atom. The summed E-state index contributed by atoms with van der Waals surface area (Å²) in [6.45, 7) is 0.722. The zero-order valence-corrected chi connectivity index (χ0v) is 8.86. The summed E-state index contributed by atoms with van der Waals surface area (Å²) >= 11 is 0. The Balaban J connectivity index is 2.56. The van der Waals surface area contributed by atoms with Crippen LogP contribution in [0.3, 0.4) is 0 Å². The molecule has 0 saturated heterocycles. The van der Waals surface area contributed by atoms with Gasteiger partial charge in [-0.05, 0) is 17.7 Å². The van der Waals surface area contributed by atoms with E-state index in [0.29, 0.717) is 0 Å². The van der Waals surface area contributed by atoms with Gasteiger partial charge in [-0.2, -0.15) is 0 Å². The number of fused-ring (bicyclic) bond motifs is 1. The van der Waals surface area contributed by atoms with Crippen molar-refractivity contribution in [2.75, 3.05) is 20.8 Å². The number of ether oxygens (including phenoxy) is 2. The van der Waals surface area contributed by atoms with Crippen LogP contribution in [-0.2, 0) is 0 Å². The van der Waals surface area contributed by atoms with E-state index in [0.717, 1.165) is 29.2 Å². The van der Waals surface area contributed by atoms with Crippen molar-refractivity contribution in [2.45, 2.75) is 0 Å². The Hall–Kier alpha value is -1.77. The first-order valence-corrected chi connectivity index (χ1v) is 4.77. The van der Waals surface area contributed by atoms with Crippen molar-refractivity contribution in [2.24, 2.45) is 4.99 Å². The summed E-state index contributed by atoms with van der Waals surface area (Å²) in [7, 11) is 3.27. The Labute approximate surface area is 89.0 Å². The van der Waals surface area contributed by atoms with Crippen molar-refractivity contribution in [3.63, 3.8) is 0 Å². The van der Waals surface area contributed by atoms with Gasteiger partial charge in [0, 0.05) is 11.8 Å². The molecule has 1 aliphatic rings. The van der Waals surface area contributed by atoms with Crippen LogP contribution in [0.15, 0.2) is 23.2 Å². The molecule has 1 aliphatic heterocycles. The topological polar surface area (TPSA) is 30.8 Å². The molecule has 0 fully saturated rings. The third kappa shape index (κ3) is 1.86. The highest BCUT2D eigenvalue weighted by atomic mass is 16.5. The van der Waals surface area contributed by atoms with Crippen LogP contribution < -0.4 is 9.47 Å². The number of benzene rings is 1. The van der Waals surface area contributed by atoms with Crippen molar-refractivity contribution in [3.05, 3.63) is 29.3 Å². The van der Waals surface area contributed by atoms with Gasteiger partial charge in [-0.25, -0.2) is 0 Å². The molecule has 78 valence electrons. The molecule has 3 heteroatoms. The number of nitrogens with zero attached hydrogens (tertiary/aromatic N) is 1. The smallest absolute Gasteiger partial charge is 0.161 e. The van der Waals surface area contributed by atoms with Gasteiger partial charge in [0.05, 0.1) is 20.8 Å². The van der Waals surface area contributed by atoms with Gasteiger partial charge in [0.1, 0.15) is 0 Å². The van der Waals surface area contributed by atoms with Crippen LogP contribution in [0, 0.1) is 0 Å². The first-order chi connectivity index (χ1) is 7.35. The Morgan fingerprint density at radius 3 is 2.40 bits per heavy atom. The molecule has 1 heterocycles. The second-order valence-corrected chi connectivity index (χ2v) is 3.23. The predicted molar refractivity (Wildman–Crippen MR) is 61.0 cm³/mol. The maximum absolute atomic E-state index is 5.24. The molecule has 2 rings (SSSR count). The van der Waals surface area contributed by atoms with Gasteiger partial charge in [0.25, 0.3) is 0 Å². The Kier molecular flexibility index (Phi) is 2.72. The molecule has 3 nitrogen and oxygen atoms in total. The lowest BCUT2D eigenvalue weighted by molar-refractivity contribution is 0.355. The van der Waals surface area contributed by atoms with Gasteiger partial charge >= 0.3 is 0 Å². The number of aliphatic imine (C=N–C) groups is 1. The second-order valence-electron chi connectivity index (χ2n) is 3.23. The van der Waals surface area contributed by atoms with Gasteiger partial charge in [0.2, 0.25) is 0 Å². The SMILES string of the molecule is COc1cc2c(cc1OC)C=NCC=C2. The quantitative estimate of drug-likeness (QED) is 0.737. The first kappa shape index (κ1) is 9.77. The molecule has 0 N–H and O–H groups in total. The molecular formula is C12H13NO2. The molecule has 0 aliphatic carbocycles. The van der Waals surface area contributed by atoms with Gasteiger partial charge in [-0.15, -0.1) is 0 Å². The standard InChI is InChI=1S/C12H13NO2/c1-14-11-6-9-4-3-5-13-8-10(9)7-12(11)15-2/h3-4,6-8H,5H2,1-2H3. The van der Waals surface area contributed by atoms with E-state index < -0.39 is 0 Å². The van der Waals surface area contributed by atoms with Gasteiger partial charge in [0.15, 0.2) is 11.5 Å². The molecule has 15 heavy (non-hydrogen) atoms. The third-order valence-corrected chi connectivity index (χ3v) is 2.33. The maximum Gasteiger partial charge on any atom is 0.161 e. The van der Waals surface area contributed by atoms with E-state index >= 15 is 0 Å². The zero-order chi connectivity index (χ0) is 10.7. The van der Waals surface area contributed by atoms with E-state index in [1.54, 1.807) is 14.2 Å². The molecule has 0 atom stereocenters. The summed E-state index contributed by atoms with van der Waals surface area (Å²) in [6.07, 6.45) is 5.93. The highest BCUT2D eigenvalue weighted by Crippen LogP contribution is 2.30. The minimum atomic E-state index is 0.722.